The highest BCUT2D eigenvalue weighted by Gasteiger charge is 2.08. The molecule has 0 aromatic carbocycles. The average Bonchev–Trinajstić information content (AvgIpc) is 3.07. The van der Waals surface area contributed by atoms with E-state index in [1.807, 2.05) is 0 Å². The summed E-state index contributed by atoms with van der Waals surface area (Å²) in [6.45, 7) is 0.352. The summed E-state index contributed by atoms with van der Waals surface area (Å²) in [5.41, 5.74) is 0. The Morgan fingerprint density at radius 1 is 1.53 bits per heavy atom. The molecular formula is C13H13N3O2S. The lowest BCUT2D eigenvalue weighted by Gasteiger charge is -2.01. The first-order valence-corrected chi connectivity index (χ1v) is 6.57. The van der Waals surface area contributed by atoms with Crippen molar-refractivity contribution in [3.05, 3.63) is 40.1 Å². The molecule has 0 bridgehead atoms. The fourth-order valence-corrected chi connectivity index (χ4v) is 2.27. The standard InChI is InChI=1S/C13H13N3O2S/c17-9-1-2-10-3-4-11(19-10)13(18)16-6-5-12-14-7-8-15-12/h3-4,7-8,17H,5-6,9H2,(H,14,15)(H,16,18). The number of H-pyrrole nitrogens is 1. The third-order valence-corrected chi connectivity index (χ3v) is 3.32. The van der Waals surface area contributed by atoms with Crippen molar-refractivity contribution >= 4 is 17.2 Å². The first-order valence-electron chi connectivity index (χ1n) is 5.75. The quantitative estimate of drug-likeness (QED) is 0.722. The van der Waals surface area contributed by atoms with E-state index in [1.54, 1.807) is 24.5 Å². The lowest BCUT2D eigenvalue weighted by molar-refractivity contribution is 0.0958. The smallest absolute Gasteiger partial charge is 0.261 e. The summed E-state index contributed by atoms with van der Waals surface area (Å²) in [6, 6.07) is 3.50. The minimum Gasteiger partial charge on any atom is -0.384 e. The number of aliphatic hydroxyl groups is 1. The predicted molar refractivity (Wildman–Crippen MR) is 72.9 cm³/mol. The second kappa shape index (κ2) is 6.73. The number of amides is 1. The summed E-state index contributed by atoms with van der Waals surface area (Å²) < 4.78 is 0. The predicted octanol–water partition coefficient (Wildman–Crippen LogP) is 0.787. The molecule has 0 aliphatic rings. The van der Waals surface area contributed by atoms with Crippen LogP contribution in [0.3, 0.4) is 0 Å². The Bertz CT molecular complexity index is 593. The number of thiophene rings is 1. The van der Waals surface area contributed by atoms with Crippen LogP contribution in [0.2, 0.25) is 0 Å². The average molecular weight is 275 g/mol. The largest absolute Gasteiger partial charge is 0.384 e. The third kappa shape index (κ3) is 3.95. The summed E-state index contributed by atoms with van der Waals surface area (Å²) in [4.78, 5) is 20.3. The minimum absolute atomic E-state index is 0.117. The first kappa shape index (κ1) is 13.3. The van der Waals surface area contributed by atoms with Crippen molar-refractivity contribution in [2.75, 3.05) is 13.2 Å². The number of aromatic amines is 1. The van der Waals surface area contributed by atoms with Gasteiger partial charge in [0.15, 0.2) is 0 Å². The molecule has 0 unspecified atom stereocenters. The molecule has 0 radical (unpaired) electrons. The van der Waals surface area contributed by atoms with Crippen molar-refractivity contribution in [1.82, 2.24) is 15.3 Å². The number of carbonyl (C=O) groups excluding carboxylic acids is 1. The van der Waals surface area contributed by atoms with Gasteiger partial charge in [0.1, 0.15) is 12.4 Å². The van der Waals surface area contributed by atoms with Crippen LogP contribution in [-0.2, 0) is 6.42 Å². The van der Waals surface area contributed by atoms with Crippen LogP contribution in [0, 0.1) is 11.8 Å². The molecule has 6 heteroatoms. The molecule has 1 amide bonds. The van der Waals surface area contributed by atoms with Crippen molar-refractivity contribution in [1.29, 1.82) is 0 Å². The second-order valence-corrected chi connectivity index (χ2v) is 4.75. The van der Waals surface area contributed by atoms with Crippen molar-refractivity contribution in [3.8, 4) is 11.8 Å². The van der Waals surface area contributed by atoms with Gasteiger partial charge in [-0.3, -0.25) is 4.79 Å². The maximum Gasteiger partial charge on any atom is 0.261 e. The van der Waals surface area contributed by atoms with Crippen LogP contribution >= 0.6 is 11.3 Å². The van der Waals surface area contributed by atoms with Crippen LogP contribution in [0.25, 0.3) is 0 Å². The lowest BCUT2D eigenvalue weighted by atomic mass is 10.3. The number of hydrogen-bond acceptors (Lipinski definition) is 4. The number of rotatable bonds is 4. The molecule has 2 heterocycles. The van der Waals surface area contributed by atoms with Crippen molar-refractivity contribution in [2.45, 2.75) is 6.42 Å². The summed E-state index contributed by atoms with van der Waals surface area (Å²) >= 11 is 1.31. The molecule has 0 saturated heterocycles. The molecule has 98 valence electrons. The van der Waals surface area contributed by atoms with Gasteiger partial charge in [-0.1, -0.05) is 11.8 Å². The first-order chi connectivity index (χ1) is 9.29. The van der Waals surface area contributed by atoms with Crippen molar-refractivity contribution < 1.29 is 9.90 Å². The van der Waals surface area contributed by atoms with Gasteiger partial charge < -0.3 is 15.4 Å². The molecule has 0 aliphatic heterocycles. The van der Waals surface area contributed by atoms with E-state index in [1.165, 1.54) is 11.3 Å². The van der Waals surface area contributed by atoms with Crippen LogP contribution in [0.5, 0.6) is 0 Å². The molecule has 3 N–H and O–H groups in total. The Kier molecular flexibility index (Phi) is 4.72. The van der Waals surface area contributed by atoms with Gasteiger partial charge >= 0.3 is 0 Å². The van der Waals surface area contributed by atoms with Crippen LogP contribution in [0.15, 0.2) is 24.5 Å². The number of imidazole rings is 1. The zero-order chi connectivity index (χ0) is 13.5. The summed E-state index contributed by atoms with van der Waals surface area (Å²) in [5, 5.41) is 11.4. The Morgan fingerprint density at radius 2 is 2.42 bits per heavy atom. The van der Waals surface area contributed by atoms with Crippen LogP contribution in [0.4, 0.5) is 0 Å². The van der Waals surface area contributed by atoms with Crippen LogP contribution in [-0.4, -0.2) is 34.1 Å². The number of nitrogens with zero attached hydrogens (tertiary/aromatic N) is 1. The van der Waals surface area contributed by atoms with Gasteiger partial charge in [-0.2, -0.15) is 0 Å². The normalized spacial score (nSPS) is 9.74. The highest BCUT2D eigenvalue weighted by molar-refractivity contribution is 7.14. The number of nitrogens with one attached hydrogen (secondary N) is 2. The van der Waals surface area contributed by atoms with Gasteiger partial charge in [-0.15, -0.1) is 11.3 Å². The lowest BCUT2D eigenvalue weighted by Crippen LogP contribution is -2.25. The Balaban J connectivity index is 1.84. The van der Waals surface area contributed by atoms with Gasteiger partial charge in [0, 0.05) is 25.4 Å². The zero-order valence-electron chi connectivity index (χ0n) is 10.1. The topological polar surface area (TPSA) is 78.0 Å². The molecule has 2 aromatic heterocycles. The van der Waals surface area contributed by atoms with E-state index in [-0.39, 0.29) is 12.5 Å². The van der Waals surface area contributed by atoms with E-state index in [4.69, 9.17) is 5.11 Å². The van der Waals surface area contributed by atoms with E-state index in [0.717, 1.165) is 10.7 Å². The Labute approximate surface area is 114 Å². The molecule has 5 nitrogen and oxygen atoms in total. The molecule has 0 saturated carbocycles. The van der Waals surface area contributed by atoms with Crippen LogP contribution in [0.1, 0.15) is 20.4 Å². The van der Waals surface area contributed by atoms with Gasteiger partial charge in [0.25, 0.3) is 5.91 Å². The molecular weight excluding hydrogens is 262 g/mol. The number of carbonyl (C=O) groups is 1. The fourth-order valence-electron chi connectivity index (χ4n) is 1.47. The van der Waals surface area contributed by atoms with Gasteiger partial charge in [-0.25, -0.2) is 4.98 Å². The maximum absolute atomic E-state index is 11.8. The highest BCUT2D eigenvalue weighted by atomic mass is 32.1. The van der Waals surface area contributed by atoms with Crippen LogP contribution < -0.4 is 5.32 Å². The van der Waals surface area contributed by atoms with Gasteiger partial charge in [0.05, 0.1) is 9.75 Å². The number of aliphatic hydroxyl groups excluding tert-OH is 1. The molecule has 0 atom stereocenters. The molecule has 2 rings (SSSR count). The molecule has 19 heavy (non-hydrogen) atoms. The second-order valence-electron chi connectivity index (χ2n) is 3.67. The number of aromatic nitrogens is 2. The highest BCUT2D eigenvalue weighted by Crippen LogP contribution is 2.15. The molecule has 0 fully saturated rings. The Morgan fingerprint density at radius 3 is 3.16 bits per heavy atom. The minimum atomic E-state index is -0.178. The summed E-state index contributed by atoms with van der Waals surface area (Å²) in [5.74, 6) is 6.05. The third-order valence-electron chi connectivity index (χ3n) is 2.32. The van der Waals surface area contributed by atoms with Crippen molar-refractivity contribution in [3.63, 3.8) is 0 Å². The van der Waals surface area contributed by atoms with E-state index >= 15 is 0 Å². The van der Waals surface area contributed by atoms with E-state index in [9.17, 15) is 4.79 Å². The zero-order valence-corrected chi connectivity index (χ0v) is 11.0. The van der Waals surface area contributed by atoms with E-state index in [0.29, 0.717) is 17.8 Å². The summed E-state index contributed by atoms with van der Waals surface area (Å²) in [7, 11) is 0. The Hall–Kier alpha value is -2.10. The van der Waals surface area contributed by atoms with E-state index in [2.05, 4.69) is 27.1 Å². The molecule has 0 aliphatic carbocycles. The van der Waals surface area contributed by atoms with E-state index < -0.39 is 0 Å². The molecule has 0 spiro atoms. The van der Waals surface area contributed by atoms with Gasteiger partial charge in [0.2, 0.25) is 0 Å². The van der Waals surface area contributed by atoms with Gasteiger partial charge in [-0.05, 0) is 12.1 Å². The molecule has 2 aromatic rings. The maximum atomic E-state index is 11.8. The summed E-state index contributed by atoms with van der Waals surface area (Å²) in [6.07, 6.45) is 4.10. The number of hydrogen-bond donors (Lipinski definition) is 3. The monoisotopic (exact) mass is 275 g/mol. The fraction of sp³-hybridized carbons (Fsp3) is 0.231. The van der Waals surface area contributed by atoms with Crippen molar-refractivity contribution in [2.24, 2.45) is 0 Å². The SMILES string of the molecule is O=C(NCCc1ncc[nH]1)c1ccc(C#CCO)s1.